The normalized spacial score (nSPS) is 16.6. The zero-order valence-corrected chi connectivity index (χ0v) is 17.2. The summed E-state index contributed by atoms with van der Waals surface area (Å²) < 4.78 is 6.47. The van der Waals surface area contributed by atoms with Crippen LogP contribution in [-0.2, 0) is 9.59 Å². The molecule has 3 rings (SSSR count). The van der Waals surface area contributed by atoms with Gasteiger partial charge in [0.05, 0.1) is 18.7 Å². The van der Waals surface area contributed by atoms with Gasteiger partial charge >= 0.3 is 0 Å². The van der Waals surface area contributed by atoms with Crippen LogP contribution in [0, 0.1) is 5.92 Å². The second kappa shape index (κ2) is 9.50. The van der Waals surface area contributed by atoms with Gasteiger partial charge in [-0.05, 0) is 60.5 Å². The van der Waals surface area contributed by atoms with Crippen LogP contribution < -0.4 is 15.1 Å². The lowest BCUT2D eigenvalue weighted by Crippen LogP contribution is -2.30. The number of anilines is 1. The van der Waals surface area contributed by atoms with Gasteiger partial charge in [-0.15, -0.1) is 0 Å². The van der Waals surface area contributed by atoms with Crippen molar-refractivity contribution in [3.8, 4) is 5.75 Å². The first-order valence-corrected chi connectivity index (χ1v) is 9.98. The second-order valence-electron chi connectivity index (χ2n) is 6.53. The van der Waals surface area contributed by atoms with E-state index in [-0.39, 0.29) is 18.2 Å². The minimum atomic E-state index is -0.418. The van der Waals surface area contributed by atoms with E-state index in [0.717, 1.165) is 27.9 Å². The molecule has 2 aromatic rings. The Morgan fingerprint density at radius 1 is 1.25 bits per heavy atom. The predicted octanol–water partition coefficient (Wildman–Crippen LogP) is 3.74. The standard InChI is InChI=1S/C21H22BrN3O3/c1-2-11-28-19-9-3-15(4-10-19)13-23-24-21(27)16-12-20(26)25(14-16)18-7-5-17(22)6-8-18/h3-10,13,16H,2,11-12,14H2,1H3,(H,24,27)/b23-13-/t16-/m0/s1. The second-order valence-corrected chi connectivity index (χ2v) is 7.45. The molecule has 0 bridgehead atoms. The van der Waals surface area contributed by atoms with Crippen LogP contribution in [0.2, 0.25) is 0 Å². The van der Waals surface area contributed by atoms with Crippen molar-refractivity contribution in [3.63, 3.8) is 0 Å². The summed E-state index contributed by atoms with van der Waals surface area (Å²) >= 11 is 3.38. The van der Waals surface area contributed by atoms with E-state index >= 15 is 0 Å². The zero-order valence-electron chi connectivity index (χ0n) is 15.6. The Morgan fingerprint density at radius 3 is 2.64 bits per heavy atom. The van der Waals surface area contributed by atoms with Gasteiger partial charge in [0.25, 0.3) is 0 Å². The molecular formula is C21H22BrN3O3. The highest BCUT2D eigenvalue weighted by atomic mass is 79.9. The number of halogens is 1. The van der Waals surface area contributed by atoms with Crippen LogP contribution in [0.25, 0.3) is 0 Å². The molecular weight excluding hydrogens is 422 g/mol. The van der Waals surface area contributed by atoms with Crippen LogP contribution in [0.3, 0.4) is 0 Å². The summed E-state index contributed by atoms with van der Waals surface area (Å²) in [6.07, 6.45) is 2.71. The number of nitrogens with zero attached hydrogens (tertiary/aromatic N) is 2. The predicted molar refractivity (Wildman–Crippen MR) is 113 cm³/mol. The molecule has 1 heterocycles. The van der Waals surface area contributed by atoms with Crippen LogP contribution in [0.1, 0.15) is 25.3 Å². The van der Waals surface area contributed by atoms with Crippen molar-refractivity contribution < 1.29 is 14.3 Å². The lowest BCUT2D eigenvalue weighted by molar-refractivity contribution is -0.126. The maximum Gasteiger partial charge on any atom is 0.245 e. The fraction of sp³-hybridized carbons (Fsp3) is 0.286. The van der Waals surface area contributed by atoms with Gasteiger partial charge in [0.2, 0.25) is 11.8 Å². The Bertz CT molecular complexity index is 850. The van der Waals surface area contributed by atoms with Crippen molar-refractivity contribution in [3.05, 3.63) is 58.6 Å². The quantitative estimate of drug-likeness (QED) is 0.523. The topological polar surface area (TPSA) is 71.0 Å². The zero-order chi connectivity index (χ0) is 19.9. The number of benzene rings is 2. The van der Waals surface area contributed by atoms with E-state index in [1.165, 1.54) is 0 Å². The number of rotatable bonds is 7. The van der Waals surface area contributed by atoms with Crippen molar-refractivity contribution in [2.24, 2.45) is 11.0 Å². The molecule has 2 aromatic carbocycles. The van der Waals surface area contributed by atoms with Crippen molar-refractivity contribution in [2.75, 3.05) is 18.1 Å². The molecule has 0 saturated carbocycles. The maximum atomic E-state index is 12.4. The van der Waals surface area contributed by atoms with Crippen LogP contribution in [0.15, 0.2) is 58.1 Å². The Morgan fingerprint density at radius 2 is 1.96 bits per heavy atom. The molecule has 0 aromatic heterocycles. The van der Waals surface area contributed by atoms with Crippen molar-refractivity contribution in [2.45, 2.75) is 19.8 Å². The molecule has 28 heavy (non-hydrogen) atoms. The van der Waals surface area contributed by atoms with Gasteiger partial charge in [-0.3, -0.25) is 9.59 Å². The van der Waals surface area contributed by atoms with E-state index < -0.39 is 5.92 Å². The molecule has 1 atom stereocenters. The largest absolute Gasteiger partial charge is 0.494 e. The van der Waals surface area contributed by atoms with E-state index in [2.05, 4.69) is 33.4 Å². The van der Waals surface area contributed by atoms with Crippen LogP contribution in [0.5, 0.6) is 5.75 Å². The summed E-state index contributed by atoms with van der Waals surface area (Å²) in [6.45, 7) is 3.09. The molecule has 1 aliphatic rings. The lowest BCUT2D eigenvalue weighted by atomic mass is 10.1. The number of ether oxygens (including phenoxy) is 1. The third kappa shape index (κ3) is 5.19. The summed E-state index contributed by atoms with van der Waals surface area (Å²) in [5, 5.41) is 4.01. The Labute approximate surface area is 172 Å². The average molecular weight is 444 g/mol. The number of hydrazone groups is 1. The SMILES string of the molecule is CCCOc1ccc(/C=N\NC(=O)[C@H]2CC(=O)N(c3ccc(Br)cc3)C2)cc1. The number of amides is 2. The molecule has 1 saturated heterocycles. The molecule has 2 amide bonds. The van der Waals surface area contributed by atoms with Gasteiger partial charge in [-0.25, -0.2) is 5.43 Å². The molecule has 146 valence electrons. The summed E-state index contributed by atoms with van der Waals surface area (Å²) in [5.41, 5.74) is 4.18. The maximum absolute atomic E-state index is 12.4. The van der Waals surface area contributed by atoms with Crippen LogP contribution >= 0.6 is 15.9 Å². The third-order valence-electron chi connectivity index (χ3n) is 4.38. The highest BCUT2D eigenvalue weighted by molar-refractivity contribution is 9.10. The number of carbonyl (C=O) groups is 2. The molecule has 1 aliphatic heterocycles. The Hall–Kier alpha value is -2.67. The number of carbonyl (C=O) groups excluding carboxylic acids is 2. The molecule has 0 radical (unpaired) electrons. The highest BCUT2D eigenvalue weighted by Crippen LogP contribution is 2.26. The lowest BCUT2D eigenvalue weighted by Gasteiger charge is -2.16. The Balaban J connectivity index is 1.53. The fourth-order valence-electron chi connectivity index (χ4n) is 2.89. The van der Waals surface area contributed by atoms with E-state index in [0.29, 0.717) is 13.2 Å². The molecule has 0 spiro atoms. The van der Waals surface area contributed by atoms with Crippen molar-refractivity contribution >= 4 is 39.6 Å². The molecule has 0 aliphatic carbocycles. The number of nitrogens with one attached hydrogen (secondary N) is 1. The minimum absolute atomic E-state index is 0.0610. The van der Waals surface area contributed by atoms with Gasteiger partial charge in [0.15, 0.2) is 0 Å². The summed E-state index contributed by atoms with van der Waals surface area (Å²) in [5.74, 6) is 0.0693. The fourth-order valence-corrected chi connectivity index (χ4v) is 3.15. The first kappa shape index (κ1) is 20.1. The van der Waals surface area contributed by atoms with Gasteiger partial charge in [0.1, 0.15) is 5.75 Å². The minimum Gasteiger partial charge on any atom is -0.494 e. The van der Waals surface area contributed by atoms with Crippen LogP contribution in [0.4, 0.5) is 5.69 Å². The number of hydrogen-bond acceptors (Lipinski definition) is 4. The summed E-state index contributed by atoms with van der Waals surface area (Å²) in [6, 6.07) is 14.9. The average Bonchev–Trinajstić information content (AvgIpc) is 3.09. The Kier molecular flexibility index (Phi) is 6.81. The van der Waals surface area contributed by atoms with Gasteiger partial charge < -0.3 is 9.64 Å². The van der Waals surface area contributed by atoms with Gasteiger partial charge in [0, 0.05) is 23.1 Å². The van der Waals surface area contributed by atoms with E-state index in [1.807, 2.05) is 48.5 Å². The van der Waals surface area contributed by atoms with E-state index in [4.69, 9.17) is 4.74 Å². The first-order valence-electron chi connectivity index (χ1n) is 9.18. The van der Waals surface area contributed by atoms with Gasteiger partial charge in [-0.1, -0.05) is 22.9 Å². The highest BCUT2D eigenvalue weighted by Gasteiger charge is 2.35. The van der Waals surface area contributed by atoms with E-state index in [9.17, 15) is 9.59 Å². The van der Waals surface area contributed by atoms with Crippen molar-refractivity contribution in [1.29, 1.82) is 0 Å². The third-order valence-corrected chi connectivity index (χ3v) is 4.90. The number of hydrogen-bond donors (Lipinski definition) is 1. The van der Waals surface area contributed by atoms with Crippen molar-refractivity contribution in [1.82, 2.24) is 5.43 Å². The smallest absolute Gasteiger partial charge is 0.245 e. The molecule has 0 unspecified atom stereocenters. The first-order chi connectivity index (χ1) is 13.6. The molecule has 6 nitrogen and oxygen atoms in total. The van der Waals surface area contributed by atoms with Crippen LogP contribution in [-0.4, -0.2) is 31.2 Å². The van der Waals surface area contributed by atoms with E-state index in [1.54, 1.807) is 11.1 Å². The summed E-state index contributed by atoms with van der Waals surface area (Å²) in [4.78, 5) is 26.2. The molecule has 7 heteroatoms. The molecule has 1 fully saturated rings. The molecule has 1 N–H and O–H groups in total. The van der Waals surface area contributed by atoms with Gasteiger partial charge in [-0.2, -0.15) is 5.10 Å². The summed E-state index contributed by atoms with van der Waals surface area (Å²) in [7, 11) is 0. The monoisotopic (exact) mass is 443 g/mol.